The van der Waals surface area contributed by atoms with E-state index in [1.807, 2.05) is 6.92 Å². The molecule has 2 N–H and O–H groups in total. The van der Waals surface area contributed by atoms with Gasteiger partial charge in [0.05, 0.1) is 13.0 Å². The highest BCUT2D eigenvalue weighted by Gasteiger charge is 2.03. The zero-order valence-corrected chi connectivity index (χ0v) is 8.73. The van der Waals surface area contributed by atoms with Crippen LogP contribution in [0, 0.1) is 0 Å². The van der Waals surface area contributed by atoms with Gasteiger partial charge in [0.15, 0.2) is 0 Å². The van der Waals surface area contributed by atoms with Crippen molar-refractivity contribution < 1.29 is 24.5 Å². The van der Waals surface area contributed by atoms with Gasteiger partial charge >= 0.3 is 11.9 Å². The van der Waals surface area contributed by atoms with Gasteiger partial charge in [0.25, 0.3) is 0 Å². The van der Waals surface area contributed by atoms with Gasteiger partial charge in [-0.25, -0.2) is 0 Å². The van der Waals surface area contributed by atoms with E-state index in [-0.39, 0.29) is 12.8 Å². The molecule has 0 spiro atoms. The lowest BCUT2D eigenvalue weighted by molar-refractivity contribution is -0.137. The summed E-state index contributed by atoms with van der Waals surface area (Å²) in [7, 11) is 0. The molecule has 0 aromatic rings. The molecule has 5 nitrogen and oxygen atoms in total. The first-order chi connectivity index (χ1) is 7.06. The van der Waals surface area contributed by atoms with Gasteiger partial charge in [0.1, 0.15) is 0 Å². The van der Waals surface area contributed by atoms with Crippen molar-refractivity contribution in [3.63, 3.8) is 0 Å². The first kappa shape index (κ1) is 13.6. The van der Waals surface area contributed by atoms with E-state index in [9.17, 15) is 9.59 Å². The second kappa shape index (κ2) is 7.99. The summed E-state index contributed by atoms with van der Waals surface area (Å²) in [5.74, 6) is -1.83. The van der Waals surface area contributed by atoms with Crippen molar-refractivity contribution in [2.75, 3.05) is 13.2 Å². The summed E-state index contributed by atoms with van der Waals surface area (Å²) in [5, 5.41) is 16.9. The van der Waals surface area contributed by atoms with Crippen molar-refractivity contribution in [1.29, 1.82) is 0 Å². The summed E-state index contributed by atoms with van der Waals surface area (Å²) in [6.45, 7) is 2.65. The molecule has 0 saturated heterocycles. The summed E-state index contributed by atoms with van der Waals surface area (Å²) in [4.78, 5) is 20.6. The van der Waals surface area contributed by atoms with E-state index < -0.39 is 11.9 Å². The Morgan fingerprint density at radius 1 is 1.20 bits per heavy atom. The third-order valence-electron chi connectivity index (χ3n) is 1.72. The minimum Gasteiger partial charge on any atom is -0.481 e. The number of hydrogen-bond donors (Lipinski definition) is 2. The molecule has 0 atom stereocenters. The third-order valence-corrected chi connectivity index (χ3v) is 1.72. The van der Waals surface area contributed by atoms with Gasteiger partial charge in [0, 0.05) is 13.0 Å². The number of carbonyl (C=O) groups is 2. The van der Waals surface area contributed by atoms with Crippen molar-refractivity contribution >= 4 is 11.9 Å². The van der Waals surface area contributed by atoms with Crippen LogP contribution in [0.5, 0.6) is 0 Å². The van der Waals surface area contributed by atoms with Crippen molar-refractivity contribution in [3.8, 4) is 0 Å². The Kier molecular flexibility index (Phi) is 7.27. The van der Waals surface area contributed by atoms with Gasteiger partial charge in [-0.1, -0.05) is 6.08 Å². The number of hydrogen-bond acceptors (Lipinski definition) is 3. The highest BCUT2D eigenvalue weighted by molar-refractivity contribution is 5.69. The molecular weight excluding hydrogens is 200 g/mol. The number of rotatable bonds is 8. The molecule has 0 aromatic heterocycles. The van der Waals surface area contributed by atoms with E-state index in [1.165, 1.54) is 6.08 Å². The lowest BCUT2D eigenvalue weighted by Crippen LogP contribution is -2.03. The molecule has 0 amide bonds. The Balaban J connectivity index is 4.10. The van der Waals surface area contributed by atoms with E-state index in [2.05, 4.69) is 0 Å². The largest absolute Gasteiger partial charge is 0.481 e. The van der Waals surface area contributed by atoms with Crippen LogP contribution in [-0.4, -0.2) is 35.4 Å². The van der Waals surface area contributed by atoms with Crippen LogP contribution in [0.2, 0.25) is 0 Å². The predicted octanol–water partition coefficient (Wildman–Crippen LogP) is 1.29. The van der Waals surface area contributed by atoms with Gasteiger partial charge in [-0.3, -0.25) is 9.59 Å². The molecule has 0 aliphatic carbocycles. The summed E-state index contributed by atoms with van der Waals surface area (Å²) in [6.07, 6.45) is 1.75. The Morgan fingerprint density at radius 3 is 2.33 bits per heavy atom. The molecule has 0 unspecified atom stereocenters. The molecule has 0 aliphatic rings. The molecule has 5 heteroatoms. The molecule has 0 heterocycles. The van der Waals surface area contributed by atoms with Crippen LogP contribution in [0.25, 0.3) is 0 Å². The smallest absolute Gasteiger partial charge is 0.307 e. The molecular formula is C10H16O5. The van der Waals surface area contributed by atoms with Crippen molar-refractivity contribution in [2.45, 2.75) is 26.2 Å². The van der Waals surface area contributed by atoms with Crippen molar-refractivity contribution in [3.05, 3.63) is 11.6 Å². The van der Waals surface area contributed by atoms with Crippen LogP contribution in [0.3, 0.4) is 0 Å². The molecule has 15 heavy (non-hydrogen) atoms. The number of ether oxygens (including phenoxy) is 1. The van der Waals surface area contributed by atoms with Gasteiger partial charge in [-0.15, -0.1) is 0 Å². The Morgan fingerprint density at radius 2 is 1.87 bits per heavy atom. The standard InChI is InChI=1S/C10H16O5/c1-2-15-7-8(3-5-9(11)12)4-6-10(13)14/h3H,2,4-7H2,1H3,(H,11,12)(H,13,14). The zero-order chi connectivity index (χ0) is 11.7. The number of carboxylic acid groups (broad SMARTS) is 2. The molecule has 0 aromatic carbocycles. The third kappa shape index (κ3) is 8.96. The average Bonchev–Trinajstić information content (AvgIpc) is 2.16. The average molecular weight is 216 g/mol. The maximum atomic E-state index is 10.3. The van der Waals surface area contributed by atoms with Crippen LogP contribution >= 0.6 is 0 Å². The lowest BCUT2D eigenvalue weighted by Gasteiger charge is -2.05. The van der Waals surface area contributed by atoms with Gasteiger partial charge in [0.2, 0.25) is 0 Å². The summed E-state index contributed by atoms with van der Waals surface area (Å²) < 4.78 is 5.11. The number of carboxylic acids is 2. The Labute approximate surface area is 88.4 Å². The second-order valence-electron chi connectivity index (χ2n) is 2.99. The Bertz CT molecular complexity index is 244. The minimum absolute atomic E-state index is 0.00146. The first-order valence-electron chi connectivity index (χ1n) is 4.75. The van der Waals surface area contributed by atoms with E-state index in [0.717, 1.165) is 5.57 Å². The van der Waals surface area contributed by atoms with E-state index in [0.29, 0.717) is 19.6 Å². The second-order valence-corrected chi connectivity index (χ2v) is 2.99. The molecule has 0 rings (SSSR count). The first-order valence-corrected chi connectivity index (χ1v) is 4.75. The van der Waals surface area contributed by atoms with Gasteiger partial charge in [-0.05, 0) is 18.9 Å². The fourth-order valence-corrected chi connectivity index (χ4v) is 0.965. The van der Waals surface area contributed by atoms with Gasteiger partial charge < -0.3 is 14.9 Å². The zero-order valence-electron chi connectivity index (χ0n) is 8.73. The van der Waals surface area contributed by atoms with E-state index in [1.54, 1.807) is 0 Å². The normalized spacial score (nSPS) is 11.4. The maximum Gasteiger partial charge on any atom is 0.307 e. The monoisotopic (exact) mass is 216 g/mol. The van der Waals surface area contributed by atoms with Crippen molar-refractivity contribution in [2.24, 2.45) is 0 Å². The molecule has 86 valence electrons. The summed E-state index contributed by atoms with van der Waals surface area (Å²) in [5.41, 5.74) is 0.724. The van der Waals surface area contributed by atoms with Crippen LogP contribution < -0.4 is 0 Å². The van der Waals surface area contributed by atoms with Crippen molar-refractivity contribution in [1.82, 2.24) is 0 Å². The van der Waals surface area contributed by atoms with Gasteiger partial charge in [-0.2, -0.15) is 0 Å². The van der Waals surface area contributed by atoms with Crippen LogP contribution in [0.4, 0.5) is 0 Å². The van der Waals surface area contributed by atoms with Crippen LogP contribution in [-0.2, 0) is 14.3 Å². The summed E-state index contributed by atoms with van der Waals surface area (Å²) >= 11 is 0. The van der Waals surface area contributed by atoms with Crippen LogP contribution in [0.15, 0.2) is 11.6 Å². The molecule has 0 fully saturated rings. The molecule has 0 bridgehead atoms. The molecule has 0 saturated carbocycles. The summed E-state index contributed by atoms with van der Waals surface area (Å²) in [6, 6.07) is 0. The van der Waals surface area contributed by atoms with E-state index >= 15 is 0 Å². The highest BCUT2D eigenvalue weighted by atomic mass is 16.5. The quantitative estimate of drug-likeness (QED) is 0.597. The molecule has 0 aliphatic heterocycles. The lowest BCUT2D eigenvalue weighted by atomic mass is 10.1. The van der Waals surface area contributed by atoms with E-state index in [4.69, 9.17) is 14.9 Å². The van der Waals surface area contributed by atoms with Crippen LogP contribution in [0.1, 0.15) is 26.2 Å². The topological polar surface area (TPSA) is 83.8 Å². The fourth-order valence-electron chi connectivity index (χ4n) is 0.965. The minimum atomic E-state index is -0.931. The highest BCUT2D eigenvalue weighted by Crippen LogP contribution is 2.07. The maximum absolute atomic E-state index is 10.3. The predicted molar refractivity (Wildman–Crippen MR) is 53.7 cm³/mol. The molecule has 0 radical (unpaired) electrons. The fraction of sp³-hybridized carbons (Fsp3) is 0.600. The number of aliphatic carboxylic acids is 2. The SMILES string of the molecule is CCOCC(=CCC(=O)O)CCC(=O)O. The Hall–Kier alpha value is -1.36.